The van der Waals surface area contributed by atoms with Crippen LogP contribution in [0.5, 0.6) is 0 Å². The number of rotatable bonds is 5. The summed E-state index contributed by atoms with van der Waals surface area (Å²) in [6.07, 6.45) is 0.834. The molecule has 1 aromatic carbocycles. The fraction of sp³-hybridized carbons (Fsp3) is 0.400. The smallest absolute Gasteiger partial charge is 0.186 e. The van der Waals surface area contributed by atoms with Crippen LogP contribution in [0.4, 0.5) is 5.13 Å². The Bertz CT molecular complexity index is 564. The molecule has 1 aromatic heterocycles. The first-order chi connectivity index (χ1) is 9.58. The van der Waals surface area contributed by atoms with E-state index < -0.39 is 0 Å². The summed E-state index contributed by atoms with van der Waals surface area (Å²) >= 11 is 7.80. The van der Waals surface area contributed by atoms with E-state index in [1.165, 1.54) is 0 Å². The minimum atomic E-state index is 0.0507. The Balaban J connectivity index is 2.29. The van der Waals surface area contributed by atoms with Gasteiger partial charge in [-0.25, -0.2) is 4.98 Å². The summed E-state index contributed by atoms with van der Waals surface area (Å²) in [6.45, 7) is 4.21. The number of aliphatic hydroxyl groups is 1. The van der Waals surface area contributed by atoms with E-state index in [0.29, 0.717) is 0 Å². The van der Waals surface area contributed by atoms with Gasteiger partial charge in [-0.3, -0.25) is 0 Å². The Kier molecular flexibility index (Phi) is 5.02. The van der Waals surface area contributed by atoms with Gasteiger partial charge in [0.25, 0.3) is 0 Å². The third-order valence-corrected chi connectivity index (χ3v) is 5.00. The number of hydrogen-bond acceptors (Lipinski definition) is 4. The number of thiazole rings is 1. The molecule has 1 N–H and O–H groups in total. The topological polar surface area (TPSA) is 36.4 Å². The maximum absolute atomic E-state index is 9.38. The molecule has 0 aliphatic heterocycles. The van der Waals surface area contributed by atoms with E-state index in [1.807, 2.05) is 31.3 Å². The molecule has 2 rings (SSSR count). The van der Waals surface area contributed by atoms with Crippen molar-refractivity contribution < 1.29 is 5.11 Å². The van der Waals surface area contributed by atoms with Crippen molar-refractivity contribution in [2.24, 2.45) is 0 Å². The third-order valence-electron chi connectivity index (χ3n) is 3.48. The lowest BCUT2D eigenvalue weighted by atomic mass is 10.1. The molecular formula is C15H19ClN2OS. The van der Waals surface area contributed by atoms with E-state index in [2.05, 4.69) is 23.7 Å². The van der Waals surface area contributed by atoms with Crippen LogP contribution < -0.4 is 4.90 Å². The van der Waals surface area contributed by atoms with Gasteiger partial charge in [0.05, 0.1) is 23.2 Å². The van der Waals surface area contributed by atoms with E-state index in [9.17, 15) is 5.11 Å². The largest absolute Gasteiger partial charge is 0.391 e. The van der Waals surface area contributed by atoms with Gasteiger partial charge < -0.3 is 10.0 Å². The Morgan fingerprint density at radius 2 is 2.10 bits per heavy atom. The lowest BCUT2D eigenvalue weighted by molar-refractivity contribution is 0.284. The quantitative estimate of drug-likeness (QED) is 0.905. The van der Waals surface area contributed by atoms with Gasteiger partial charge in [-0.2, -0.15) is 0 Å². The highest BCUT2D eigenvalue weighted by Gasteiger charge is 2.19. The van der Waals surface area contributed by atoms with E-state index in [0.717, 1.165) is 32.7 Å². The molecule has 1 atom stereocenters. The van der Waals surface area contributed by atoms with Gasteiger partial charge in [0.15, 0.2) is 5.13 Å². The second-order valence-electron chi connectivity index (χ2n) is 4.69. The second kappa shape index (κ2) is 6.57. The van der Waals surface area contributed by atoms with Crippen LogP contribution in [0.15, 0.2) is 24.3 Å². The third kappa shape index (κ3) is 2.97. The maximum Gasteiger partial charge on any atom is 0.186 e. The lowest BCUT2D eigenvalue weighted by Crippen LogP contribution is -2.21. The Morgan fingerprint density at radius 3 is 2.65 bits per heavy atom. The summed E-state index contributed by atoms with van der Waals surface area (Å²) in [5, 5.41) is 11.1. The molecule has 0 fully saturated rings. The zero-order chi connectivity index (χ0) is 14.7. The number of benzene rings is 1. The fourth-order valence-electron chi connectivity index (χ4n) is 2.11. The van der Waals surface area contributed by atoms with E-state index >= 15 is 0 Å². The second-order valence-corrected chi connectivity index (χ2v) is 6.16. The summed E-state index contributed by atoms with van der Waals surface area (Å²) in [5.41, 5.74) is 2.06. The maximum atomic E-state index is 9.38. The van der Waals surface area contributed by atoms with Crippen LogP contribution in [0, 0.1) is 0 Å². The Morgan fingerprint density at radius 1 is 1.40 bits per heavy atom. The normalized spacial score (nSPS) is 12.4. The summed E-state index contributed by atoms with van der Waals surface area (Å²) in [5.74, 6) is 0. The minimum absolute atomic E-state index is 0.0507. The molecule has 2 aromatic rings. The predicted molar refractivity (Wildman–Crippen MR) is 85.7 cm³/mol. The number of aryl methyl sites for hydroxylation is 1. The standard InChI is InChI=1S/C15H19ClN2OS/c1-4-13-14(9-19)20-15(17-13)18(3)10(2)11-7-5-6-8-12(11)16/h5-8,10,19H,4,9H2,1-3H3. The van der Waals surface area contributed by atoms with Crippen LogP contribution in [0.2, 0.25) is 5.02 Å². The summed E-state index contributed by atoms with van der Waals surface area (Å²) < 4.78 is 0. The zero-order valence-electron chi connectivity index (χ0n) is 11.9. The number of anilines is 1. The van der Waals surface area contributed by atoms with E-state index in [-0.39, 0.29) is 12.6 Å². The van der Waals surface area contributed by atoms with Crippen LogP contribution >= 0.6 is 22.9 Å². The first-order valence-electron chi connectivity index (χ1n) is 6.65. The number of aromatic nitrogens is 1. The van der Waals surface area contributed by atoms with Gasteiger partial charge >= 0.3 is 0 Å². The van der Waals surface area contributed by atoms with Crippen molar-refractivity contribution in [1.82, 2.24) is 4.98 Å². The van der Waals surface area contributed by atoms with Crippen LogP contribution in [-0.4, -0.2) is 17.1 Å². The highest BCUT2D eigenvalue weighted by Crippen LogP contribution is 2.33. The van der Waals surface area contributed by atoms with Crippen LogP contribution in [0.3, 0.4) is 0 Å². The lowest BCUT2D eigenvalue weighted by Gasteiger charge is -2.25. The average Bonchev–Trinajstić information content (AvgIpc) is 2.89. The molecule has 5 heteroatoms. The zero-order valence-corrected chi connectivity index (χ0v) is 13.5. The monoisotopic (exact) mass is 310 g/mol. The highest BCUT2D eigenvalue weighted by molar-refractivity contribution is 7.15. The SMILES string of the molecule is CCc1nc(N(C)C(C)c2ccccc2Cl)sc1CO. The van der Waals surface area contributed by atoms with Crippen molar-refractivity contribution in [3.63, 3.8) is 0 Å². The molecule has 0 bridgehead atoms. The number of hydrogen-bond donors (Lipinski definition) is 1. The van der Waals surface area contributed by atoms with Crippen LogP contribution in [0.1, 0.15) is 36.0 Å². The first-order valence-corrected chi connectivity index (χ1v) is 7.84. The number of aliphatic hydroxyl groups excluding tert-OH is 1. The summed E-state index contributed by atoms with van der Waals surface area (Å²) in [6, 6.07) is 7.99. The van der Waals surface area contributed by atoms with Crippen molar-refractivity contribution >= 4 is 28.1 Å². The minimum Gasteiger partial charge on any atom is -0.391 e. The summed E-state index contributed by atoms with van der Waals surface area (Å²) in [4.78, 5) is 7.66. The van der Waals surface area contributed by atoms with Gasteiger partial charge in [-0.1, -0.05) is 48.1 Å². The van der Waals surface area contributed by atoms with Gasteiger partial charge in [0, 0.05) is 12.1 Å². The van der Waals surface area contributed by atoms with Gasteiger partial charge in [-0.15, -0.1) is 0 Å². The van der Waals surface area contributed by atoms with E-state index in [4.69, 9.17) is 11.6 Å². The molecular weight excluding hydrogens is 292 g/mol. The predicted octanol–water partition coefficient (Wildman–Crippen LogP) is 4.05. The molecule has 20 heavy (non-hydrogen) atoms. The molecule has 108 valence electrons. The van der Waals surface area contributed by atoms with Crippen molar-refractivity contribution in [2.45, 2.75) is 32.9 Å². The molecule has 0 saturated heterocycles. The molecule has 0 aliphatic carbocycles. The number of halogens is 1. The molecule has 0 amide bonds. The van der Waals surface area contributed by atoms with Crippen LogP contribution in [-0.2, 0) is 13.0 Å². The molecule has 0 spiro atoms. The highest BCUT2D eigenvalue weighted by atomic mass is 35.5. The van der Waals surface area contributed by atoms with Gasteiger partial charge in [0.1, 0.15) is 0 Å². The van der Waals surface area contributed by atoms with Gasteiger partial charge in [0.2, 0.25) is 0 Å². The Hall–Kier alpha value is -1.10. The molecule has 0 saturated carbocycles. The van der Waals surface area contributed by atoms with Crippen molar-refractivity contribution in [3.8, 4) is 0 Å². The molecule has 1 heterocycles. The van der Waals surface area contributed by atoms with Crippen molar-refractivity contribution in [3.05, 3.63) is 45.4 Å². The summed E-state index contributed by atoms with van der Waals surface area (Å²) in [7, 11) is 2.01. The van der Waals surface area contributed by atoms with Crippen LogP contribution in [0.25, 0.3) is 0 Å². The molecule has 3 nitrogen and oxygen atoms in total. The van der Waals surface area contributed by atoms with Crippen molar-refractivity contribution in [2.75, 3.05) is 11.9 Å². The van der Waals surface area contributed by atoms with Gasteiger partial charge in [-0.05, 0) is 25.0 Å². The molecule has 0 radical (unpaired) electrons. The average molecular weight is 311 g/mol. The van der Waals surface area contributed by atoms with Crippen molar-refractivity contribution in [1.29, 1.82) is 0 Å². The Labute approximate surface area is 128 Å². The van der Waals surface area contributed by atoms with E-state index in [1.54, 1.807) is 11.3 Å². The molecule has 0 aliphatic rings. The molecule has 1 unspecified atom stereocenters. The first kappa shape index (κ1) is 15.3. The fourth-order valence-corrected chi connectivity index (χ4v) is 3.45. The number of nitrogens with zero attached hydrogens (tertiary/aromatic N) is 2.